The molecule has 3 rings (SSSR count). The zero-order chi connectivity index (χ0) is 12.8. The number of aliphatic hydroxyl groups is 1. The predicted molar refractivity (Wildman–Crippen MR) is 73.4 cm³/mol. The molecule has 2 aliphatic rings. The molecule has 0 spiro atoms. The zero-order valence-electron chi connectivity index (χ0n) is 11.4. The molecule has 0 aromatic heterocycles. The molecule has 98 valence electrons. The molecule has 1 aromatic carbocycles. The van der Waals surface area contributed by atoms with Gasteiger partial charge in [-0.05, 0) is 62.7 Å². The summed E-state index contributed by atoms with van der Waals surface area (Å²) < 4.78 is 0. The molecule has 1 unspecified atom stereocenters. The van der Waals surface area contributed by atoms with Crippen molar-refractivity contribution in [3.8, 4) is 0 Å². The number of piperidine rings is 1. The second-order valence-electron chi connectivity index (χ2n) is 6.41. The van der Waals surface area contributed by atoms with E-state index in [2.05, 4.69) is 36.2 Å². The summed E-state index contributed by atoms with van der Waals surface area (Å²) in [4.78, 5) is 2.43. The van der Waals surface area contributed by atoms with Crippen molar-refractivity contribution in [1.29, 1.82) is 0 Å². The number of rotatable bonds is 0. The Morgan fingerprint density at radius 3 is 2.89 bits per heavy atom. The first-order chi connectivity index (χ1) is 8.56. The topological polar surface area (TPSA) is 23.5 Å². The largest absolute Gasteiger partial charge is 0.385 e. The van der Waals surface area contributed by atoms with Crippen molar-refractivity contribution in [1.82, 2.24) is 4.90 Å². The van der Waals surface area contributed by atoms with Gasteiger partial charge in [-0.2, -0.15) is 0 Å². The lowest BCUT2D eigenvalue weighted by Gasteiger charge is -2.37. The highest BCUT2D eigenvalue weighted by atomic mass is 16.3. The first kappa shape index (κ1) is 12.2. The Balaban J connectivity index is 1.98. The Hall–Kier alpha value is -0.860. The maximum Gasteiger partial charge on any atom is 0.0874 e. The fraction of sp³-hybridized carbons (Fsp3) is 0.625. The molecule has 0 bridgehead atoms. The molecule has 18 heavy (non-hydrogen) atoms. The molecule has 1 fully saturated rings. The summed E-state index contributed by atoms with van der Waals surface area (Å²) in [5.74, 6) is 1.38. The van der Waals surface area contributed by atoms with E-state index in [0.717, 1.165) is 18.4 Å². The molecule has 3 atom stereocenters. The second-order valence-corrected chi connectivity index (χ2v) is 6.41. The van der Waals surface area contributed by atoms with Crippen molar-refractivity contribution >= 4 is 0 Å². The molecule has 0 radical (unpaired) electrons. The van der Waals surface area contributed by atoms with E-state index < -0.39 is 5.60 Å². The number of nitrogens with zero attached hydrogens (tertiary/aromatic N) is 1. The average Bonchev–Trinajstić information content (AvgIpc) is 2.43. The smallest absolute Gasteiger partial charge is 0.0874 e. The molecule has 1 aromatic rings. The van der Waals surface area contributed by atoms with E-state index in [1.54, 1.807) is 0 Å². The molecule has 0 saturated carbocycles. The highest BCUT2D eigenvalue weighted by molar-refractivity contribution is 5.34. The minimum Gasteiger partial charge on any atom is -0.385 e. The predicted octanol–water partition coefficient (Wildman–Crippen LogP) is 2.41. The van der Waals surface area contributed by atoms with Gasteiger partial charge < -0.3 is 10.0 Å². The van der Waals surface area contributed by atoms with Crippen LogP contribution in [0.25, 0.3) is 0 Å². The van der Waals surface area contributed by atoms with Crippen molar-refractivity contribution in [3.63, 3.8) is 0 Å². The number of fused-ring (bicyclic) bond motifs is 2. The van der Waals surface area contributed by atoms with Crippen LogP contribution in [0.1, 0.15) is 30.9 Å². The van der Waals surface area contributed by atoms with Crippen molar-refractivity contribution < 1.29 is 5.11 Å². The van der Waals surface area contributed by atoms with E-state index in [4.69, 9.17) is 0 Å². The number of benzene rings is 1. The highest BCUT2D eigenvalue weighted by Crippen LogP contribution is 2.41. The fourth-order valence-electron chi connectivity index (χ4n) is 3.89. The molecule has 0 amide bonds. The third kappa shape index (κ3) is 2.08. The van der Waals surface area contributed by atoms with E-state index in [1.807, 2.05) is 6.92 Å². The lowest BCUT2D eigenvalue weighted by molar-refractivity contribution is 0.01000. The van der Waals surface area contributed by atoms with Crippen LogP contribution in [-0.4, -0.2) is 30.1 Å². The summed E-state index contributed by atoms with van der Waals surface area (Å²) in [5, 5.41) is 10.8. The molecule has 1 aliphatic heterocycles. The van der Waals surface area contributed by atoms with Gasteiger partial charge in [0.1, 0.15) is 0 Å². The lowest BCUT2D eigenvalue weighted by atomic mass is 9.79. The summed E-state index contributed by atoms with van der Waals surface area (Å²) in [6.45, 7) is 4.34. The van der Waals surface area contributed by atoms with Gasteiger partial charge in [0.05, 0.1) is 5.60 Å². The van der Waals surface area contributed by atoms with Gasteiger partial charge in [-0.25, -0.2) is 0 Å². The van der Waals surface area contributed by atoms with Gasteiger partial charge in [0.2, 0.25) is 0 Å². The van der Waals surface area contributed by atoms with Crippen LogP contribution in [0, 0.1) is 11.8 Å². The van der Waals surface area contributed by atoms with Crippen LogP contribution in [0.3, 0.4) is 0 Å². The monoisotopic (exact) mass is 245 g/mol. The van der Waals surface area contributed by atoms with E-state index in [0.29, 0.717) is 11.8 Å². The fourth-order valence-corrected chi connectivity index (χ4v) is 3.89. The van der Waals surface area contributed by atoms with Gasteiger partial charge in [-0.3, -0.25) is 0 Å². The van der Waals surface area contributed by atoms with Crippen molar-refractivity contribution in [2.24, 2.45) is 11.8 Å². The summed E-state index contributed by atoms with van der Waals surface area (Å²) in [6, 6.07) is 8.45. The van der Waals surface area contributed by atoms with Crippen LogP contribution in [-0.2, 0) is 12.0 Å². The molecule has 2 nitrogen and oxygen atoms in total. The van der Waals surface area contributed by atoms with Crippen molar-refractivity contribution in [3.05, 3.63) is 35.4 Å². The molecule has 1 aliphatic carbocycles. The first-order valence-electron chi connectivity index (χ1n) is 7.05. The summed E-state index contributed by atoms with van der Waals surface area (Å²) in [7, 11) is 2.21. The van der Waals surface area contributed by atoms with Gasteiger partial charge >= 0.3 is 0 Å². The first-order valence-corrected chi connectivity index (χ1v) is 7.05. The van der Waals surface area contributed by atoms with Crippen LogP contribution < -0.4 is 0 Å². The molecule has 2 heteroatoms. The van der Waals surface area contributed by atoms with Gasteiger partial charge in [-0.1, -0.05) is 24.3 Å². The molecule has 1 heterocycles. The summed E-state index contributed by atoms with van der Waals surface area (Å²) in [6.07, 6.45) is 3.27. The van der Waals surface area contributed by atoms with Gasteiger partial charge in [0.25, 0.3) is 0 Å². The lowest BCUT2D eigenvalue weighted by Crippen LogP contribution is -2.40. The molecular formula is C16H23NO. The van der Waals surface area contributed by atoms with Crippen LogP contribution in [0.4, 0.5) is 0 Å². The van der Waals surface area contributed by atoms with E-state index in [9.17, 15) is 5.11 Å². The standard InChI is InChI=1S/C16H23NO/c1-16(18)10-13-7-8-17(2)11-14(13)9-12-5-3-4-6-15(12)16/h3-6,13-14,18H,7-11H2,1-2H3/t13-,14+,16?/m1/s1. The quantitative estimate of drug-likeness (QED) is 0.759. The molecule has 1 saturated heterocycles. The van der Waals surface area contributed by atoms with Crippen LogP contribution in [0.2, 0.25) is 0 Å². The number of hydrogen-bond donors (Lipinski definition) is 1. The summed E-state index contributed by atoms with van der Waals surface area (Å²) in [5.41, 5.74) is 1.86. The molecule has 1 N–H and O–H groups in total. The van der Waals surface area contributed by atoms with Gasteiger partial charge in [0.15, 0.2) is 0 Å². The van der Waals surface area contributed by atoms with Crippen LogP contribution >= 0.6 is 0 Å². The van der Waals surface area contributed by atoms with Gasteiger partial charge in [0, 0.05) is 6.54 Å². The maximum absolute atomic E-state index is 10.8. The SMILES string of the molecule is CN1CC[C@@H]2CC(C)(O)c3ccccc3C[C@H]2C1. The third-order valence-electron chi connectivity index (χ3n) is 4.83. The Labute approximate surface area is 110 Å². The van der Waals surface area contributed by atoms with Crippen LogP contribution in [0.5, 0.6) is 0 Å². The normalized spacial score (nSPS) is 36.6. The van der Waals surface area contributed by atoms with Crippen LogP contribution in [0.15, 0.2) is 24.3 Å². The maximum atomic E-state index is 10.8. The average molecular weight is 245 g/mol. The van der Waals surface area contributed by atoms with E-state index >= 15 is 0 Å². The third-order valence-corrected chi connectivity index (χ3v) is 4.83. The van der Waals surface area contributed by atoms with Gasteiger partial charge in [-0.15, -0.1) is 0 Å². The Bertz CT molecular complexity index is 440. The zero-order valence-corrected chi connectivity index (χ0v) is 11.4. The Morgan fingerprint density at radius 2 is 2.06 bits per heavy atom. The number of likely N-dealkylation sites (tertiary alicyclic amines) is 1. The minimum atomic E-state index is -0.647. The molecular weight excluding hydrogens is 222 g/mol. The summed E-state index contributed by atoms with van der Waals surface area (Å²) >= 11 is 0. The van der Waals surface area contributed by atoms with E-state index in [-0.39, 0.29) is 0 Å². The minimum absolute atomic E-state index is 0.647. The Kier molecular flexibility index (Phi) is 2.95. The second kappa shape index (κ2) is 4.36. The van der Waals surface area contributed by atoms with Crippen molar-refractivity contribution in [2.45, 2.75) is 31.8 Å². The highest BCUT2D eigenvalue weighted by Gasteiger charge is 2.38. The number of hydrogen-bond acceptors (Lipinski definition) is 2. The van der Waals surface area contributed by atoms with Crippen molar-refractivity contribution in [2.75, 3.05) is 20.1 Å². The van der Waals surface area contributed by atoms with E-state index in [1.165, 1.54) is 25.1 Å². The Morgan fingerprint density at radius 1 is 1.28 bits per heavy atom.